The van der Waals surface area contributed by atoms with Crippen molar-refractivity contribution in [1.82, 2.24) is 5.32 Å². The van der Waals surface area contributed by atoms with Crippen LogP contribution in [0.1, 0.15) is 24.8 Å². The summed E-state index contributed by atoms with van der Waals surface area (Å²) in [7, 11) is 0. The van der Waals surface area contributed by atoms with Crippen molar-refractivity contribution in [3.8, 4) is 0 Å². The first-order valence-corrected chi connectivity index (χ1v) is 5.77. The van der Waals surface area contributed by atoms with Crippen LogP contribution in [-0.4, -0.2) is 17.8 Å². The molecule has 1 fully saturated rings. The summed E-state index contributed by atoms with van der Waals surface area (Å²) in [6.07, 6.45) is 3.08. The summed E-state index contributed by atoms with van der Waals surface area (Å²) in [4.78, 5) is 0. The molecular formula is C13H19NO. The third-order valence-electron chi connectivity index (χ3n) is 3.12. The van der Waals surface area contributed by atoms with Crippen molar-refractivity contribution in [3.63, 3.8) is 0 Å². The van der Waals surface area contributed by atoms with Crippen LogP contribution in [0.25, 0.3) is 0 Å². The molecule has 0 aliphatic heterocycles. The van der Waals surface area contributed by atoms with E-state index in [2.05, 4.69) is 29.6 Å². The van der Waals surface area contributed by atoms with Crippen LogP contribution in [-0.2, 0) is 6.54 Å². The van der Waals surface area contributed by atoms with Crippen LogP contribution in [0.3, 0.4) is 0 Å². The fourth-order valence-corrected chi connectivity index (χ4v) is 2.25. The second-order valence-corrected chi connectivity index (χ2v) is 4.45. The van der Waals surface area contributed by atoms with Crippen molar-refractivity contribution in [2.75, 3.05) is 6.54 Å². The Bertz CT molecular complexity index is 286. The first kappa shape index (κ1) is 10.7. The molecule has 1 aliphatic carbocycles. The quantitative estimate of drug-likeness (QED) is 0.787. The van der Waals surface area contributed by atoms with Gasteiger partial charge in [-0.25, -0.2) is 0 Å². The Labute approximate surface area is 91.3 Å². The van der Waals surface area contributed by atoms with Gasteiger partial charge in [0.05, 0.1) is 6.10 Å². The molecule has 0 aromatic heterocycles. The van der Waals surface area contributed by atoms with Gasteiger partial charge in [0.25, 0.3) is 0 Å². The second-order valence-electron chi connectivity index (χ2n) is 4.45. The molecule has 0 heterocycles. The van der Waals surface area contributed by atoms with E-state index < -0.39 is 0 Å². The molecule has 2 N–H and O–H groups in total. The summed E-state index contributed by atoms with van der Waals surface area (Å²) in [6.45, 7) is 1.97. The second kappa shape index (κ2) is 5.29. The highest BCUT2D eigenvalue weighted by atomic mass is 16.3. The highest BCUT2D eigenvalue weighted by Gasteiger charge is 2.21. The van der Waals surface area contributed by atoms with Crippen LogP contribution < -0.4 is 5.32 Å². The van der Waals surface area contributed by atoms with Gasteiger partial charge in [0, 0.05) is 6.54 Å². The SMILES string of the molecule is O[C@@H]1CC[C@@H](CNCc2ccccc2)C1. The molecule has 82 valence electrons. The largest absolute Gasteiger partial charge is 0.393 e. The molecule has 1 saturated carbocycles. The van der Waals surface area contributed by atoms with E-state index in [4.69, 9.17) is 0 Å². The maximum absolute atomic E-state index is 9.39. The average Bonchev–Trinajstić information content (AvgIpc) is 2.66. The number of hydrogen-bond acceptors (Lipinski definition) is 2. The van der Waals surface area contributed by atoms with Gasteiger partial charge in [0.2, 0.25) is 0 Å². The number of hydrogen-bond donors (Lipinski definition) is 2. The zero-order chi connectivity index (χ0) is 10.5. The molecular weight excluding hydrogens is 186 g/mol. The lowest BCUT2D eigenvalue weighted by Gasteiger charge is -2.10. The zero-order valence-corrected chi connectivity index (χ0v) is 9.02. The topological polar surface area (TPSA) is 32.3 Å². The Morgan fingerprint density at radius 1 is 1.20 bits per heavy atom. The molecule has 0 unspecified atom stereocenters. The Morgan fingerprint density at radius 2 is 2.00 bits per heavy atom. The number of aliphatic hydroxyl groups is 1. The van der Waals surface area contributed by atoms with Gasteiger partial charge in [-0.05, 0) is 37.3 Å². The van der Waals surface area contributed by atoms with Crippen molar-refractivity contribution < 1.29 is 5.11 Å². The summed E-state index contributed by atoms with van der Waals surface area (Å²) < 4.78 is 0. The Morgan fingerprint density at radius 3 is 2.67 bits per heavy atom. The number of benzene rings is 1. The Kier molecular flexibility index (Phi) is 3.75. The Hall–Kier alpha value is -0.860. The van der Waals surface area contributed by atoms with Gasteiger partial charge in [-0.2, -0.15) is 0 Å². The first-order chi connectivity index (χ1) is 7.34. The van der Waals surface area contributed by atoms with E-state index in [9.17, 15) is 5.11 Å². The van der Waals surface area contributed by atoms with E-state index in [1.165, 1.54) is 12.0 Å². The molecule has 2 nitrogen and oxygen atoms in total. The lowest BCUT2D eigenvalue weighted by Crippen LogP contribution is -2.21. The average molecular weight is 205 g/mol. The maximum Gasteiger partial charge on any atom is 0.0543 e. The molecule has 0 bridgehead atoms. The lowest BCUT2D eigenvalue weighted by atomic mass is 10.1. The minimum atomic E-state index is -0.0477. The summed E-state index contributed by atoms with van der Waals surface area (Å²) >= 11 is 0. The van der Waals surface area contributed by atoms with Crippen LogP contribution in [0, 0.1) is 5.92 Å². The minimum absolute atomic E-state index is 0.0477. The van der Waals surface area contributed by atoms with E-state index in [-0.39, 0.29) is 6.10 Å². The lowest BCUT2D eigenvalue weighted by molar-refractivity contribution is 0.177. The predicted molar refractivity (Wildman–Crippen MR) is 61.5 cm³/mol. The van der Waals surface area contributed by atoms with Gasteiger partial charge in [-0.1, -0.05) is 30.3 Å². The van der Waals surface area contributed by atoms with Gasteiger partial charge in [0.1, 0.15) is 0 Å². The number of nitrogens with one attached hydrogen (secondary N) is 1. The van der Waals surface area contributed by atoms with E-state index in [1.54, 1.807) is 0 Å². The predicted octanol–water partition coefficient (Wildman–Crippen LogP) is 1.94. The van der Waals surface area contributed by atoms with Gasteiger partial charge in [-0.3, -0.25) is 0 Å². The molecule has 0 radical (unpaired) electrons. The van der Waals surface area contributed by atoms with Crippen molar-refractivity contribution in [2.45, 2.75) is 31.9 Å². The molecule has 15 heavy (non-hydrogen) atoms. The normalized spacial score (nSPS) is 25.7. The van der Waals surface area contributed by atoms with Crippen molar-refractivity contribution in [1.29, 1.82) is 0 Å². The molecule has 2 rings (SSSR count). The van der Waals surface area contributed by atoms with Crippen molar-refractivity contribution in [3.05, 3.63) is 35.9 Å². The van der Waals surface area contributed by atoms with E-state index in [1.807, 2.05) is 6.07 Å². The van der Waals surface area contributed by atoms with Gasteiger partial charge >= 0.3 is 0 Å². The van der Waals surface area contributed by atoms with Crippen LogP contribution in [0.5, 0.6) is 0 Å². The molecule has 0 amide bonds. The van der Waals surface area contributed by atoms with E-state index in [0.29, 0.717) is 5.92 Å². The van der Waals surface area contributed by atoms with Crippen molar-refractivity contribution in [2.24, 2.45) is 5.92 Å². The summed E-state index contributed by atoms with van der Waals surface area (Å²) in [6, 6.07) is 10.4. The standard InChI is InChI=1S/C13H19NO/c15-13-7-6-12(8-13)10-14-9-11-4-2-1-3-5-11/h1-5,12-15H,6-10H2/t12-,13-/m1/s1. The Balaban J connectivity index is 1.67. The van der Waals surface area contributed by atoms with Crippen LogP contribution in [0.2, 0.25) is 0 Å². The van der Waals surface area contributed by atoms with Gasteiger partial charge < -0.3 is 10.4 Å². The third kappa shape index (κ3) is 3.33. The molecule has 1 aromatic rings. The first-order valence-electron chi connectivity index (χ1n) is 5.77. The smallest absolute Gasteiger partial charge is 0.0543 e. The van der Waals surface area contributed by atoms with Crippen LogP contribution >= 0.6 is 0 Å². The van der Waals surface area contributed by atoms with E-state index in [0.717, 1.165) is 25.9 Å². The van der Waals surface area contributed by atoms with Crippen LogP contribution in [0.4, 0.5) is 0 Å². The highest BCUT2D eigenvalue weighted by Crippen LogP contribution is 2.24. The zero-order valence-electron chi connectivity index (χ0n) is 9.02. The number of rotatable bonds is 4. The highest BCUT2D eigenvalue weighted by molar-refractivity contribution is 5.14. The van der Waals surface area contributed by atoms with Crippen molar-refractivity contribution >= 4 is 0 Å². The molecule has 0 spiro atoms. The fourth-order valence-electron chi connectivity index (χ4n) is 2.25. The fraction of sp³-hybridized carbons (Fsp3) is 0.538. The summed E-state index contributed by atoms with van der Waals surface area (Å²) in [5.74, 6) is 0.670. The van der Waals surface area contributed by atoms with Gasteiger partial charge in [-0.15, -0.1) is 0 Å². The molecule has 2 heteroatoms. The minimum Gasteiger partial charge on any atom is -0.393 e. The van der Waals surface area contributed by atoms with E-state index >= 15 is 0 Å². The molecule has 1 aromatic carbocycles. The molecule has 1 aliphatic rings. The summed E-state index contributed by atoms with van der Waals surface area (Å²) in [5, 5.41) is 12.8. The maximum atomic E-state index is 9.39. The molecule has 0 saturated heterocycles. The molecule has 2 atom stereocenters. The summed E-state index contributed by atoms with van der Waals surface area (Å²) in [5.41, 5.74) is 1.33. The van der Waals surface area contributed by atoms with Crippen LogP contribution in [0.15, 0.2) is 30.3 Å². The number of aliphatic hydroxyl groups excluding tert-OH is 1. The monoisotopic (exact) mass is 205 g/mol. The van der Waals surface area contributed by atoms with Gasteiger partial charge in [0.15, 0.2) is 0 Å². The third-order valence-corrected chi connectivity index (χ3v) is 3.12.